The third kappa shape index (κ3) is 3.05. The average Bonchev–Trinajstić information content (AvgIpc) is 2.80. The highest BCUT2D eigenvalue weighted by atomic mass is 32.2. The first-order valence-electron chi connectivity index (χ1n) is 6.61. The fourth-order valence-electron chi connectivity index (χ4n) is 2.08. The van der Waals surface area contributed by atoms with Gasteiger partial charge in [0.1, 0.15) is 10.1 Å². The van der Waals surface area contributed by atoms with E-state index in [-0.39, 0.29) is 5.91 Å². The van der Waals surface area contributed by atoms with Crippen LogP contribution in [0.4, 0.5) is 0 Å². The molecule has 118 valence electrons. The van der Waals surface area contributed by atoms with Crippen LogP contribution in [0.1, 0.15) is 12.5 Å². The molecule has 1 fully saturated rings. The molecule has 0 unspecified atom stereocenters. The van der Waals surface area contributed by atoms with Crippen molar-refractivity contribution in [3.8, 4) is 17.2 Å². The second-order valence-corrected chi connectivity index (χ2v) is 6.05. The smallest absolute Gasteiger partial charge is 0.266 e. The number of thiocarbonyl (C=S) groups is 1. The third-order valence-corrected chi connectivity index (χ3v) is 4.59. The van der Waals surface area contributed by atoms with Gasteiger partial charge in [-0.25, -0.2) is 0 Å². The van der Waals surface area contributed by atoms with E-state index in [1.165, 1.54) is 11.8 Å². The summed E-state index contributed by atoms with van der Waals surface area (Å²) in [7, 11) is 4.68. The summed E-state index contributed by atoms with van der Waals surface area (Å²) in [4.78, 5) is 14.4. The SMILES string of the molecule is CCN1C(=O)/C(=C\c2cc(OC)c(OC)cc2OC)SC1=S. The number of methoxy groups -OCH3 is 3. The molecule has 0 bridgehead atoms. The Kier molecular flexibility index (Phi) is 5.31. The van der Waals surface area contributed by atoms with Crippen LogP contribution in [0.15, 0.2) is 17.0 Å². The summed E-state index contributed by atoms with van der Waals surface area (Å²) >= 11 is 6.50. The van der Waals surface area contributed by atoms with Crippen molar-refractivity contribution in [2.45, 2.75) is 6.92 Å². The maximum atomic E-state index is 12.3. The number of likely N-dealkylation sites (N-methyl/N-ethyl adjacent to an activating group) is 1. The van der Waals surface area contributed by atoms with Crippen molar-refractivity contribution < 1.29 is 19.0 Å². The Morgan fingerprint density at radius 1 is 1.14 bits per heavy atom. The van der Waals surface area contributed by atoms with Crippen LogP contribution in [-0.4, -0.2) is 43.0 Å². The van der Waals surface area contributed by atoms with Gasteiger partial charge in [0.2, 0.25) is 0 Å². The molecule has 1 saturated heterocycles. The van der Waals surface area contributed by atoms with Gasteiger partial charge >= 0.3 is 0 Å². The number of thioether (sulfide) groups is 1. The molecule has 1 amide bonds. The van der Waals surface area contributed by atoms with E-state index in [1.807, 2.05) is 6.92 Å². The van der Waals surface area contributed by atoms with E-state index in [0.29, 0.717) is 33.0 Å². The van der Waals surface area contributed by atoms with Gasteiger partial charge < -0.3 is 14.2 Å². The van der Waals surface area contributed by atoms with Crippen molar-refractivity contribution in [3.63, 3.8) is 0 Å². The summed E-state index contributed by atoms with van der Waals surface area (Å²) in [6.45, 7) is 2.45. The summed E-state index contributed by atoms with van der Waals surface area (Å²) < 4.78 is 16.5. The van der Waals surface area contributed by atoms with E-state index in [1.54, 1.807) is 44.4 Å². The fourth-order valence-corrected chi connectivity index (χ4v) is 3.45. The minimum absolute atomic E-state index is 0.0886. The molecular formula is C15H17NO4S2. The number of hydrogen-bond donors (Lipinski definition) is 0. The molecule has 5 nitrogen and oxygen atoms in total. The van der Waals surface area contributed by atoms with E-state index in [0.717, 1.165) is 5.56 Å². The zero-order valence-corrected chi connectivity index (χ0v) is 14.5. The molecule has 0 N–H and O–H groups in total. The lowest BCUT2D eigenvalue weighted by molar-refractivity contribution is -0.121. The number of rotatable bonds is 5. The molecule has 0 spiro atoms. The van der Waals surface area contributed by atoms with Gasteiger partial charge in [-0.05, 0) is 19.1 Å². The van der Waals surface area contributed by atoms with Crippen LogP contribution >= 0.6 is 24.0 Å². The average molecular weight is 339 g/mol. The third-order valence-electron chi connectivity index (χ3n) is 3.21. The van der Waals surface area contributed by atoms with Crippen molar-refractivity contribution in [3.05, 3.63) is 22.6 Å². The minimum atomic E-state index is -0.0886. The minimum Gasteiger partial charge on any atom is -0.496 e. The first-order chi connectivity index (χ1) is 10.5. The highest BCUT2D eigenvalue weighted by molar-refractivity contribution is 8.26. The largest absolute Gasteiger partial charge is 0.496 e. The Bertz CT molecular complexity index is 643. The van der Waals surface area contributed by atoms with Crippen LogP contribution in [0, 0.1) is 0 Å². The number of benzene rings is 1. The maximum Gasteiger partial charge on any atom is 0.266 e. The number of ether oxygens (including phenoxy) is 3. The quantitative estimate of drug-likeness (QED) is 0.607. The fraction of sp³-hybridized carbons (Fsp3) is 0.333. The van der Waals surface area contributed by atoms with E-state index in [9.17, 15) is 4.79 Å². The van der Waals surface area contributed by atoms with E-state index in [4.69, 9.17) is 26.4 Å². The molecule has 0 atom stereocenters. The molecule has 1 aliphatic heterocycles. The molecule has 22 heavy (non-hydrogen) atoms. The summed E-state index contributed by atoms with van der Waals surface area (Å²) in [6.07, 6.45) is 1.76. The normalized spacial score (nSPS) is 16.4. The summed E-state index contributed by atoms with van der Waals surface area (Å²) in [5.41, 5.74) is 0.733. The van der Waals surface area contributed by atoms with Crippen molar-refractivity contribution >= 4 is 40.3 Å². The molecule has 0 saturated carbocycles. The van der Waals surface area contributed by atoms with Crippen LogP contribution in [0.25, 0.3) is 6.08 Å². The maximum absolute atomic E-state index is 12.3. The first kappa shape index (κ1) is 16.6. The predicted molar refractivity (Wildman–Crippen MR) is 91.7 cm³/mol. The van der Waals surface area contributed by atoms with Gasteiger partial charge in [0.25, 0.3) is 5.91 Å². The van der Waals surface area contributed by atoms with Crippen LogP contribution in [0.3, 0.4) is 0 Å². The topological polar surface area (TPSA) is 48.0 Å². The van der Waals surface area contributed by atoms with Crippen molar-refractivity contribution in [1.29, 1.82) is 0 Å². The summed E-state index contributed by atoms with van der Waals surface area (Å²) in [6, 6.07) is 3.50. The highest BCUT2D eigenvalue weighted by Gasteiger charge is 2.31. The van der Waals surface area contributed by atoms with Gasteiger partial charge in [-0.1, -0.05) is 24.0 Å². The number of hydrogen-bond acceptors (Lipinski definition) is 6. The van der Waals surface area contributed by atoms with Gasteiger partial charge in [-0.15, -0.1) is 0 Å². The van der Waals surface area contributed by atoms with Crippen LogP contribution in [-0.2, 0) is 4.79 Å². The molecule has 0 aromatic heterocycles. The van der Waals surface area contributed by atoms with E-state index < -0.39 is 0 Å². The molecule has 0 aliphatic carbocycles. The molecule has 1 aromatic rings. The van der Waals surface area contributed by atoms with Gasteiger partial charge in [-0.3, -0.25) is 9.69 Å². The lowest BCUT2D eigenvalue weighted by Crippen LogP contribution is -2.27. The van der Waals surface area contributed by atoms with Crippen LogP contribution < -0.4 is 14.2 Å². The van der Waals surface area contributed by atoms with Gasteiger partial charge in [-0.2, -0.15) is 0 Å². The predicted octanol–water partition coefficient (Wildman–Crippen LogP) is 2.93. The Balaban J connectivity index is 2.47. The highest BCUT2D eigenvalue weighted by Crippen LogP contribution is 2.38. The zero-order valence-electron chi connectivity index (χ0n) is 12.8. The van der Waals surface area contributed by atoms with Crippen molar-refractivity contribution in [1.82, 2.24) is 4.90 Å². The lowest BCUT2D eigenvalue weighted by Gasteiger charge is -2.12. The molecular weight excluding hydrogens is 322 g/mol. The van der Waals surface area contributed by atoms with Crippen LogP contribution in [0.5, 0.6) is 17.2 Å². The molecule has 7 heteroatoms. The Morgan fingerprint density at radius 3 is 2.23 bits per heavy atom. The summed E-state index contributed by atoms with van der Waals surface area (Å²) in [5, 5.41) is 0. The Labute approximate surface area is 139 Å². The molecule has 1 aliphatic rings. The van der Waals surface area contributed by atoms with Gasteiger partial charge in [0, 0.05) is 18.2 Å². The molecule has 0 radical (unpaired) electrons. The standard InChI is InChI=1S/C15H17NO4S2/c1-5-16-14(17)13(22-15(16)21)7-9-6-11(19-3)12(20-4)8-10(9)18-2/h6-8H,5H2,1-4H3/b13-7+. The van der Waals surface area contributed by atoms with E-state index >= 15 is 0 Å². The number of carbonyl (C=O) groups excluding carboxylic acids is 1. The van der Waals surface area contributed by atoms with Gasteiger partial charge in [0.05, 0.1) is 26.2 Å². The first-order valence-corrected chi connectivity index (χ1v) is 7.83. The lowest BCUT2D eigenvalue weighted by atomic mass is 10.1. The zero-order chi connectivity index (χ0) is 16.3. The number of nitrogens with zero attached hydrogens (tertiary/aromatic N) is 1. The van der Waals surface area contributed by atoms with Crippen molar-refractivity contribution in [2.24, 2.45) is 0 Å². The summed E-state index contributed by atoms with van der Waals surface area (Å²) in [5.74, 6) is 1.65. The van der Waals surface area contributed by atoms with Crippen LogP contribution in [0.2, 0.25) is 0 Å². The second-order valence-electron chi connectivity index (χ2n) is 4.38. The van der Waals surface area contributed by atoms with Gasteiger partial charge in [0.15, 0.2) is 11.5 Å². The number of carbonyl (C=O) groups is 1. The van der Waals surface area contributed by atoms with E-state index in [2.05, 4.69) is 0 Å². The Hall–Kier alpha value is -1.73. The number of amides is 1. The Morgan fingerprint density at radius 2 is 1.73 bits per heavy atom. The van der Waals surface area contributed by atoms with Crippen molar-refractivity contribution in [2.75, 3.05) is 27.9 Å². The molecule has 1 heterocycles. The molecule has 2 rings (SSSR count). The molecule has 1 aromatic carbocycles. The second kappa shape index (κ2) is 7.02. The monoisotopic (exact) mass is 339 g/mol.